The highest BCUT2D eigenvalue weighted by atomic mass is 35.5. The van der Waals surface area contributed by atoms with Gasteiger partial charge in [0.05, 0.1) is 4.90 Å². The minimum atomic E-state index is -3.47. The summed E-state index contributed by atoms with van der Waals surface area (Å²) in [6, 6.07) is 13.4. The molecule has 3 nitrogen and oxygen atoms in total. The van der Waals surface area contributed by atoms with E-state index >= 15 is 0 Å². The molecule has 1 aliphatic rings. The van der Waals surface area contributed by atoms with E-state index in [0.717, 1.165) is 33.9 Å². The molecule has 3 rings (SSSR count). The van der Waals surface area contributed by atoms with E-state index in [1.165, 1.54) is 0 Å². The van der Waals surface area contributed by atoms with Crippen LogP contribution in [0.25, 0.3) is 0 Å². The zero-order valence-electron chi connectivity index (χ0n) is 14.4. The smallest absolute Gasteiger partial charge is 0.207 e. The Morgan fingerprint density at radius 2 is 1.88 bits per heavy atom. The second-order valence-corrected chi connectivity index (χ2v) is 9.97. The van der Waals surface area contributed by atoms with Crippen LogP contribution < -0.4 is 0 Å². The summed E-state index contributed by atoms with van der Waals surface area (Å²) < 4.78 is 27.9. The number of sulfonamides is 1. The van der Waals surface area contributed by atoms with Gasteiger partial charge in [-0.2, -0.15) is 16.1 Å². The van der Waals surface area contributed by atoms with Crippen LogP contribution in [0.1, 0.15) is 28.4 Å². The Morgan fingerprint density at radius 1 is 1.12 bits per heavy atom. The summed E-state index contributed by atoms with van der Waals surface area (Å²) in [6.45, 7) is 4.82. The Morgan fingerprint density at radius 3 is 2.64 bits per heavy atom. The van der Waals surface area contributed by atoms with Crippen LogP contribution >= 0.6 is 23.4 Å². The molecule has 0 aromatic heterocycles. The van der Waals surface area contributed by atoms with E-state index < -0.39 is 10.0 Å². The maximum absolute atomic E-state index is 13.1. The fraction of sp³-hybridized carbons (Fsp3) is 0.368. The molecule has 2 aromatic rings. The third-order valence-corrected chi connectivity index (χ3v) is 8.21. The molecule has 6 heteroatoms. The summed E-state index contributed by atoms with van der Waals surface area (Å²) in [5.41, 5.74) is 2.85. The van der Waals surface area contributed by atoms with Crippen LogP contribution in [0.3, 0.4) is 0 Å². The van der Waals surface area contributed by atoms with E-state index in [2.05, 4.69) is 0 Å². The van der Waals surface area contributed by atoms with Crippen LogP contribution in [0.2, 0.25) is 5.02 Å². The van der Waals surface area contributed by atoms with E-state index in [1.54, 1.807) is 22.1 Å². The lowest BCUT2D eigenvalue weighted by atomic mass is 10.1. The molecule has 0 N–H and O–H groups in total. The van der Waals surface area contributed by atoms with Gasteiger partial charge in [0.25, 0.3) is 0 Å². The first-order valence-corrected chi connectivity index (χ1v) is 11.2. The largest absolute Gasteiger partial charge is 0.243 e. The molecule has 0 aliphatic carbocycles. The van der Waals surface area contributed by atoms with Gasteiger partial charge in [0, 0.05) is 29.1 Å². The van der Waals surface area contributed by atoms with Crippen molar-refractivity contribution in [3.63, 3.8) is 0 Å². The molecule has 1 aliphatic heterocycles. The summed E-state index contributed by atoms with van der Waals surface area (Å²) in [5.74, 6) is 0.764. The third-order valence-electron chi connectivity index (χ3n) is 4.51. The van der Waals surface area contributed by atoms with Crippen molar-refractivity contribution < 1.29 is 8.42 Å². The molecule has 0 amide bonds. The summed E-state index contributed by atoms with van der Waals surface area (Å²) >= 11 is 8.11. The van der Waals surface area contributed by atoms with Crippen molar-refractivity contribution in [3.8, 4) is 0 Å². The van der Waals surface area contributed by atoms with Gasteiger partial charge in [-0.05, 0) is 49.1 Å². The van der Waals surface area contributed by atoms with E-state index in [1.807, 2.05) is 50.2 Å². The van der Waals surface area contributed by atoms with Gasteiger partial charge in [-0.25, -0.2) is 8.42 Å². The molecule has 25 heavy (non-hydrogen) atoms. The number of hydrogen-bond acceptors (Lipinski definition) is 3. The minimum absolute atomic E-state index is 0.229. The topological polar surface area (TPSA) is 37.4 Å². The average molecular weight is 396 g/mol. The summed E-state index contributed by atoms with van der Waals surface area (Å²) in [5, 5.41) is 0.985. The standard InChI is InChI=1S/C19H22ClNO2S2/c1-14-7-8-15(2)19(13-14)25(22,23)21-10-9-18(24-12-11-21)16-5-3-4-6-17(16)20/h3-8,13,18H,9-12H2,1-2H3. The predicted octanol–water partition coefficient (Wildman–Crippen LogP) is 4.83. The molecule has 134 valence electrons. The van der Waals surface area contributed by atoms with Crippen molar-refractivity contribution >= 4 is 33.4 Å². The monoisotopic (exact) mass is 395 g/mol. The maximum Gasteiger partial charge on any atom is 0.243 e. The third kappa shape index (κ3) is 4.05. The maximum atomic E-state index is 13.1. The zero-order valence-corrected chi connectivity index (χ0v) is 16.8. The number of nitrogens with zero attached hydrogens (tertiary/aromatic N) is 1. The fourth-order valence-corrected chi connectivity index (χ4v) is 6.58. The highest BCUT2D eigenvalue weighted by Crippen LogP contribution is 2.38. The van der Waals surface area contributed by atoms with Crippen LogP contribution in [0.5, 0.6) is 0 Å². The number of thioether (sulfide) groups is 1. The minimum Gasteiger partial charge on any atom is -0.207 e. The molecular formula is C19H22ClNO2S2. The Labute approximate surface area is 159 Å². The first-order chi connectivity index (χ1) is 11.9. The first-order valence-electron chi connectivity index (χ1n) is 8.33. The van der Waals surface area contributed by atoms with Gasteiger partial charge in [0.2, 0.25) is 10.0 Å². The zero-order chi connectivity index (χ0) is 18.0. The number of benzene rings is 2. The molecule has 1 unspecified atom stereocenters. The van der Waals surface area contributed by atoms with E-state index in [4.69, 9.17) is 11.6 Å². The van der Waals surface area contributed by atoms with Crippen molar-refractivity contribution in [2.45, 2.75) is 30.4 Å². The quantitative estimate of drug-likeness (QED) is 0.747. The predicted molar refractivity (Wildman–Crippen MR) is 106 cm³/mol. The number of aryl methyl sites for hydroxylation is 2. The summed E-state index contributed by atoms with van der Waals surface area (Å²) in [7, 11) is -3.47. The van der Waals surface area contributed by atoms with E-state index in [-0.39, 0.29) is 5.25 Å². The number of rotatable bonds is 3. The molecule has 1 heterocycles. The van der Waals surface area contributed by atoms with E-state index in [9.17, 15) is 8.42 Å². The normalized spacial score (nSPS) is 19.6. The molecular weight excluding hydrogens is 374 g/mol. The molecule has 0 bridgehead atoms. The van der Waals surface area contributed by atoms with Crippen LogP contribution in [-0.2, 0) is 10.0 Å². The van der Waals surface area contributed by atoms with Crippen molar-refractivity contribution in [3.05, 3.63) is 64.2 Å². The first kappa shape index (κ1) is 18.8. The van der Waals surface area contributed by atoms with Crippen molar-refractivity contribution in [1.82, 2.24) is 4.31 Å². The molecule has 1 saturated heterocycles. The molecule has 1 atom stereocenters. The van der Waals surface area contributed by atoms with Crippen LogP contribution in [0.4, 0.5) is 0 Å². The van der Waals surface area contributed by atoms with Crippen molar-refractivity contribution in [1.29, 1.82) is 0 Å². The second-order valence-electron chi connectivity index (χ2n) is 6.34. The van der Waals surface area contributed by atoms with Gasteiger partial charge in [-0.1, -0.05) is 41.9 Å². The second kappa shape index (κ2) is 7.70. The van der Waals surface area contributed by atoms with Crippen LogP contribution in [-0.4, -0.2) is 31.6 Å². The highest BCUT2D eigenvalue weighted by molar-refractivity contribution is 7.99. The Bertz CT molecular complexity index is 867. The van der Waals surface area contributed by atoms with Crippen molar-refractivity contribution in [2.75, 3.05) is 18.8 Å². The average Bonchev–Trinajstić information content (AvgIpc) is 2.84. The van der Waals surface area contributed by atoms with Gasteiger partial charge in [-0.3, -0.25) is 0 Å². The lowest BCUT2D eigenvalue weighted by Gasteiger charge is -2.21. The fourth-order valence-electron chi connectivity index (χ4n) is 3.10. The van der Waals surface area contributed by atoms with Gasteiger partial charge in [0.15, 0.2) is 0 Å². The SMILES string of the molecule is Cc1ccc(C)c(S(=O)(=O)N2CCSC(c3ccccc3Cl)CC2)c1. The number of halogens is 1. The van der Waals surface area contributed by atoms with Gasteiger partial charge < -0.3 is 0 Å². The van der Waals surface area contributed by atoms with Crippen LogP contribution in [0.15, 0.2) is 47.4 Å². The number of hydrogen-bond donors (Lipinski definition) is 0. The van der Waals surface area contributed by atoms with Crippen molar-refractivity contribution in [2.24, 2.45) is 0 Å². The summed E-state index contributed by atoms with van der Waals surface area (Å²) in [4.78, 5) is 0.425. The molecule has 2 aromatic carbocycles. The van der Waals surface area contributed by atoms with Gasteiger partial charge in [-0.15, -0.1) is 0 Å². The van der Waals surface area contributed by atoms with E-state index in [0.29, 0.717) is 18.0 Å². The molecule has 0 radical (unpaired) electrons. The molecule has 0 saturated carbocycles. The van der Waals surface area contributed by atoms with Gasteiger partial charge >= 0.3 is 0 Å². The Kier molecular flexibility index (Phi) is 5.78. The molecule has 0 spiro atoms. The lowest BCUT2D eigenvalue weighted by molar-refractivity contribution is 0.427. The van der Waals surface area contributed by atoms with Gasteiger partial charge in [0.1, 0.15) is 0 Å². The van der Waals surface area contributed by atoms with Crippen LogP contribution in [0, 0.1) is 13.8 Å². The summed E-state index contributed by atoms with van der Waals surface area (Å²) in [6.07, 6.45) is 0.762. The molecule has 1 fully saturated rings. The Hall–Kier alpha value is -1.01. The lowest BCUT2D eigenvalue weighted by Crippen LogP contribution is -2.33. The Balaban J connectivity index is 1.83. The highest BCUT2D eigenvalue weighted by Gasteiger charge is 2.29.